The molecule has 0 radical (unpaired) electrons. The summed E-state index contributed by atoms with van der Waals surface area (Å²) in [4.78, 5) is 36.6. The maximum Gasteiger partial charge on any atom is 0.254 e. The van der Waals surface area contributed by atoms with Crippen molar-refractivity contribution < 1.29 is 9.59 Å². The number of aromatic nitrogens is 4. The van der Waals surface area contributed by atoms with Gasteiger partial charge in [-0.1, -0.05) is 41.9 Å². The molecule has 4 aromatic rings. The van der Waals surface area contributed by atoms with Crippen LogP contribution in [0.3, 0.4) is 0 Å². The molecule has 0 aliphatic carbocycles. The molecule has 2 amide bonds. The number of nitrogens with one attached hydrogen (secondary N) is 1. The third kappa shape index (κ3) is 4.36. The maximum atomic E-state index is 13.4. The molecule has 1 aliphatic heterocycles. The highest BCUT2D eigenvalue weighted by molar-refractivity contribution is 6.35. The van der Waals surface area contributed by atoms with Gasteiger partial charge in [-0.3, -0.25) is 24.2 Å². The normalized spacial score (nSPS) is 18.1. The quantitative estimate of drug-likeness (QED) is 0.489. The number of halogens is 1. The van der Waals surface area contributed by atoms with Crippen molar-refractivity contribution in [2.24, 2.45) is 7.05 Å². The highest BCUT2D eigenvalue weighted by Gasteiger charge is 2.34. The third-order valence-electron chi connectivity index (χ3n) is 6.19. The number of hydrogen-bond acceptors (Lipinski definition) is 5. The Labute approximate surface area is 201 Å². The smallest absolute Gasteiger partial charge is 0.254 e. The van der Waals surface area contributed by atoms with Gasteiger partial charge in [0.25, 0.3) is 11.8 Å². The van der Waals surface area contributed by atoms with E-state index < -0.39 is 0 Å². The Morgan fingerprint density at radius 2 is 1.88 bits per heavy atom. The summed E-state index contributed by atoms with van der Waals surface area (Å²) in [6.45, 7) is 0.979. The van der Waals surface area contributed by atoms with E-state index in [9.17, 15) is 9.59 Å². The third-order valence-corrected chi connectivity index (χ3v) is 6.47. The molecule has 9 heteroatoms. The second kappa shape index (κ2) is 9.23. The zero-order valence-corrected chi connectivity index (χ0v) is 19.3. The number of fused-ring (bicyclic) bond motifs is 1. The van der Waals surface area contributed by atoms with Crippen LogP contribution in [-0.4, -0.2) is 55.6 Å². The van der Waals surface area contributed by atoms with Crippen LogP contribution in [0.25, 0.3) is 11.0 Å². The van der Waals surface area contributed by atoms with Gasteiger partial charge < -0.3 is 10.2 Å². The van der Waals surface area contributed by atoms with Crippen LogP contribution in [0, 0.1) is 0 Å². The van der Waals surface area contributed by atoms with E-state index in [0.29, 0.717) is 46.7 Å². The van der Waals surface area contributed by atoms with Crippen molar-refractivity contribution in [3.05, 3.63) is 89.0 Å². The average molecular weight is 475 g/mol. The van der Waals surface area contributed by atoms with Crippen LogP contribution in [-0.2, 0) is 7.05 Å². The van der Waals surface area contributed by atoms with Gasteiger partial charge >= 0.3 is 0 Å². The Hall–Kier alpha value is -3.78. The van der Waals surface area contributed by atoms with Crippen LogP contribution in [0.2, 0.25) is 5.02 Å². The number of carbonyl (C=O) groups is 2. The van der Waals surface area contributed by atoms with E-state index >= 15 is 0 Å². The second-order valence-electron chi connectivity index (χ2n) is 8.42. The Balaban J connectivity index is 1.40. The number of nitrogens with zero attached hydrogens (tertiary/aromatic N) is 5. The van der Waals surface area contributed by atoms with Crippen molar-refractivity contribution in [3.63, 3.8) is 0 Å². The van der Waals surface area contributed by atoms with E-state index in [1.165, 1.54) is 0 Å². The molecule has 5 rings (SSSR count). The van der Waals surface area contributed by atoms with Crippen molar-refractivity contribution in [1.29, 1.82) is 0 Å². The van der Waals surface area contributed by atoms with Gasteiger partial charge in [-0.05, 0) is 24.1 Å². The van der Waals surface area contributed by atoms with Gasteiger partial charge in [-0.25, -0.2) is 0 Å². The van der Waals surface area contributed by atoms with E-state index in [0.717, 1.165) is 5.56 Å². The first kappa shape index (κ1) is 22.0. The summed E-state index contributed by atoms with van der Waals surface area (Å²) in [5.74, 6) is -0.346. The largest absolute Gasteiger partial charge is 0.348 e. The van der Waals surface area contributed by atoms with E-state index in [-0.39, 0.29) is 23.8 Å². The lowest BCUT2D eigenvalue weighted by atomic mass is 9.85. The maximum absolute atomic E-state index is 13.4. The molecular formula is C25H23ClN6O2. The number of hydrogen-bond donors (Lipinski definition) is 1. The molecule has 1 aliphatic rings. The van der Waals surface area contributed by atoms with Crippen LogP contribution in [0.15, 0.2) is 67.3 Å². The minimum Gasteiger partial charge on any atom is -0.348 e. The zero-order chi connectivity index (χ0) is 23.7. The van der Waals surface area contributed by atoms with Crippen molar-refractivity contribution >= 4 is 34.4 Å². The lowest BCUT2D eigenvalue weighted by Gasteiger charge is -2.39. The van der Waals surface area contributed by atoms with Crippen molar-refractivity contribution in [2.45, 2.75) is 18.4 Å². The van der Waals surface area contributed by atoms with Crippen molar-refractivity contribution in [1.82, 2.24) is 30.0 Å². The van der Waals surface area contributed by atoms with Gasteiger partial charge in [0.1, 0.15) is 5.52 Å². The van der Waals surface area contributed by atoms with Crippen LogP contribution in [0.1, 0.15) is 38.6 Å². The van der Waals surface area contributed by atoms with Crippen molar-refractivity contribution in [2.75, 3.05) is 13.1 Å². The summed E-state index contributed by atoms with van der Waals surface area (Å²) in [5.41, 5.74) is 3.21. The molecule has 34 heavy (non-hydrogen) atoms. The first-order valence-electron chi connectivity index (χ1n) is 11.0. The molecule has 3 heterocycles. The Kier molecular flexibility index (Phi) is 5.98. The molecular weight excluding hydrogens is 452 g/mol. The van der Waals surface area contributed by atoms with Crippen LogP contribution in [0.5, 0.6) is 0 Å². The highest BCUT2D eigenvalue weighted by atomic mass is 35.5. The topological polar surface area (TPSA) is 93.0 Å². The molecule has 2 atom stereocenters. The molecule has 2 aromatic heterocycles. The summed E-state index contributed by atoms with van der Waals surface area (Å²) >= 11 is 6.38. The molecule has 0 saturated carbocycles. The standard InChI is InChI=1S/C25H23ClN6O2/c1-31-14-18(13-29-31)24(33)30-21-7-10-32(15-19(21)16-5-3-2-4-6-16)25(34)17-11-20(26)23-22(12-17)27-8-9-28-23/h2-6,8-9,11-14,19,21H,7,10,15H2,1H3,(H,30,33)/t19-,21-/m1/s1. The Morgan fingerprint density at radius 3 is 2.65 bits per heavy atom. The molecule has 1 saturated heterocycles. The fraction of sp³-hybridized carbons (Fsp3) is 0.240. The lowest BCUT2D eigenvalue weighted by molar-refractivity contribution is 0.0671. The van der Waals surface area contributed by atoms with E-state index in [1.807, 2.05) is 35.2 Å². The number of piperidine rings is 1. The van der Waals surface area contributed by atoms with Gasteiger partial charge in [0, 0.05) is 56.3 Å². The van der Waals surface area contributed by atoms with E-state index in [2.05, 4.69) is 20.4 Å². The summed E-state index contributed by atoms with van der Waals surface area (Å²) in [7, 11) is 1.78. The Morgan fingerprint density at radius 1 is 1.09 bits per heavy atom. The molecule has 1 N–H and O–H groups in total. The summed E-state index contributed by atoms with van der Waals surface area (Å²) < 4.78 is 1.60. The zero-order valence-electron chi connectivity index (χ0n) is 18.6. The van der Waals surface area contributed by atoms with Gasteiger partial charge in [0.2, 0.25) is 0 Å². The van der Waals surface area contributed by atoms with E-state index in [1.54, 1.807) is 48.6 Å². The molecule has 0 spiro atoms. The second-order valence-corrected chi connectivity index (χ2v) is 8.83. The van der Waals surface area contributed by atoms with Crippen LogP contribution >= 0.6 is 11.6 Å². The predicted octanol–water partition coefficient (Wildman–Crippen LogP) is 3.45. The number of aryl methyl sites for hydroxylation is 1. The van der Waals surface area contributed by atoms with Crippen LogP contribution < -0.4 is 5.32 Å². The number of rotatable bonds is 4. The minimum absolute atomic E-state index is 0.0600. The molecule has 172 valence electrons. The molecule has 2 aromatic carbocycles. The number of amides is 2. The Bertz CT molecular complexity index is 1360. The van der Waals surface area contributed by atoms with Gasteiger partial charge in [-0.2, -0.15) is 5.10 Å². The summed E-state index contributed by atoms with van der Waals surface area (Å²) in [5, 5.41) is 7.64. The number of likely N-dealkylation sites (tertiary alicyclic amines) is 1. The van der Waals surface area contributed by atoms with Crippen LogP contribution in [0.4, 0.5) is 0 Å². The summed E-state index contributed by atoms with van der Waals surface area (Å²) in [6, 6.07) is 13.2. The molecule has 0 unspecified atom stereocenters. The fourth-order valence-electron chi connectivity index (χ4n) is 4.48. The van der Waals surface area contributed by atoms with Gasteiger partial charge in [0.05, 0.1) is 22.3 Å². The average Bonchev–Trinajstić information content (AvgIpc) is 3.31. The van der Waals surface area contributed by atoms with Gasteiger partial charge in [-0.15, -0.1) is 0 Å². The minimum atomic E-state index is -0.168. The lowest BCUT2D eigenvalue weighted by Crippen LogP contribution is -2.51. The SMILES string of the molecule is Cn1cc(C(=O)N[C@@H]2CCN(C(=O)c3cc(Cl)c4nccnc4c3)C[C@@H]2c2ccccc2)cn1. The molecule has 8 nitrogen and oxygen atoms in total. The molecule has 1 fully saturated rings. The first-order valence-corrected chi connectivity index (χ1v) is 11.4. The monoisotopic (exact) mass is 474 g/mol. The van der Waals surface area contributed by atoms with Gasteiger partial charge in [0.15, 0.2) is 0 Å². The fourth-order valence-corrected chi connectivity index (χ4v) is 4.74. The first-order chi connectivity index (χ1) is 16.5. The predicted molar refractivity (Wildman–Crippen MR) is 129 cm³/mol. The number of benzene rings is 2. The van der Waals surface area contributed by atoms with E-state index in [4.69, 9.17) is 11.6 Å². The molecule has 0 bridgehead atoms. The highest BCUT2D eigenvalue weighted by Crippen LogP contribution is 2.30. The number of carbonyl (C=O) groups excluding carboxylic acids is 2. The van der Waals surface area contributed by atoms with Crippen molar-refractivity contribution in [3.8, 4) is 0 Å². The summed E-state index contributed by atoms with van der Waals surface area (Å²) in [6.07, 6.45) is 7.02.